The second-order valence-electron chi connectivity index (χ2n) is 5.32. The van der Waals surface area contributed by atoms with Gasteiger partial charge in [0.1, 0.15) is 5.75 Å². The highest BCUT2D eigenvalue weighted by atomic mass is 35.5. The Morgan fingerprint density at radius 3 is 2.52 bits per heavy atom. The largest absolute Gasteiger partial charge is 0.481 e. The Morgan fingerprint density at radius 1 is 1.33 bits per heavy atom. The van der Waals surface area contributed by atoms with Crippen LogP contribution in [0.3, 0.4) is 0 Å². The van der Waals surface area contributed by atoms with Gasteiger partial charge in [0.2, 0.25) is 0 Å². The predicted molar refractivity (Wildman–Crippen MR) is 78.4 cm³/mol. The first-order valence-electron chi connectivity index (χ1n) is 6.83. The van der Waals surface area contributed by atoms with Crippen molar-refractivity contribution in [3.8, 4) is 5.75 Å². The molecular weight excluding hydrogens is 294 g/mol. The van der Waals surface area contributed by atoms with Gasteiger partial charge in [-0.15, -0.1) is 0 Å². The van der Waals surface area contributed by atoms with Gasteiger partial charge in [-0.3, -0.25) is 9.59 Å². The number of ether oxygens (including phenoxy) is 1. The molecule has 21 heavy (non-hydrogen) atoms. The average Bonchev–Trinajstić information content (AvgIpc) is 2.39. The molecule has 0 spiro atoms. The topological polar surface area (TPSA) is 66.8 Å². The molecule has 1 N–H and O–H groups in total. The number of rotatable bonds is 5. The molecule has 0 aliphatic carbocycles. The summed E-state index contributed by atoms with van der Waals surface area (Å²) in [6.07, 6.45) is -0.647. The molecule has 0 radical (unpaired) electrons. The highest BCUT2D eigenvalue weighted by Gasteiger charge is 2.38. The van der Waals surface area contributed by atoms with E-state index < -0.39 is 18.0 Å². The molecule has 1 aromatic rings. The Kier molecular flexibility index (Phi) is 4.73. The molecule has 0 bridgehead atoms. The summed E-state index contributed by atoms with van der Waals surface area (Å²) in [5.41, 5.74) is 0. The molecule has 6 heteroatoms. The maximum absolute atomic E-state index is 12.2. The number of carboxylic acids is 1. The predicted octanol–water partition coefficient (Wildman–Crippen LogP) is 2.29. The number of hydrogen-bond acceptors (Lipinski definition) is 3. The molecule has 1 aliphatic heterocycles. The maximum Gasteiger partial charge on any atom is 0.306 e. The van der Waals surface area contributed by atoms with E-state index >= 15 is 0 Å². The van der Waals surface area contributed by atoms with Gasteiger partial charge in [-0.1, -0.05) is 30.7 Å². The van der Waals surface area contributed by atoms with Crippen LogP contribution < -0.4 is 4.74 Å². The summed E-state index contributed by atoms with van der Waals surface area (Å²) < 4.78 is 5.57. The lowest BCUT2D eigenvalue weighted by Crippen LogP contribution is -2.56. The van der Waals surface area contributed by atoms with E-state index in [-0.39, 0.29) is 11.8 Å². The van der Waals surface area contributed by atoms with E-state index in [1.807, 2.05) is 0 Å². The third-order valence-electron chi connectivity index (χ3n) is 3.81. The van der Waals surface area contributed by atoms with Crippen molar-refractivity contribution >= 4 is 23.5 Å². The molecule has 5 nitrogen and oxygen atoms in total. The third kappa shape index (κ3) is 3.47. The van der Waals surface area contributed by atoms with E-state index in [0.717, 1.165) is 0 Å². The summed E-state index contributed by atoms with van der Waals surface area (Å²) >= 11 is 5.98. The number of hydrogen-bond donors (Lipinski definition) is 1. The lowest BCUT2D eigenvalue weighted by Gasteiger charge is -2.42. The molecule has 1 fully saturated rings. The van der Waals surface area contributed by atoms with Gasteiger partial charge in [0.15, 0.2) is 6.10 Å². The number of amides is 1. The third-order valence-corrected chi connectivity index (χ3v) is 4.12. The van der Waals surface area contributed by atoms with Crippen LogP contribution in [0.2, 0.25) is 5.02 Å². The minimum atomic E-state index is -0.826. The van der Waals surface area contributed by atoms with Crippen LogP contribution in [0.1, 0.15) is 13.8 Å². The SMILES string of the molecule is CC(Oc1ccccc1Cl)C(=O)N1CC(C(C)C(=O)O)C1. The Morgan fingerprint density at radius 2 is 1.95 bits per heavy atom. The molecule has 1 amide bonds. The molecule has 114 valence electrons. The van der Waals surface area contributed by atoms with Gasteiger partial charge >= 0.3 is 5.97 Å². The van der Waals surface area contributed by atoms with Gasteiger partial charge in [0, 0.05) is 19.0 Å². The van der Waals surface area contributed by atoms with Gasteiger partial charge in [0.25, 0.3) is 5.91 Å². The molecule has 2 unspecified atom stereocenters. The van der Waals surface area contributed by atoms with Crippen LogP contribution in [-0.2, 0) is 9.59 Å². The lowest BCUT2D eigenvalue weighted by atomic mass is 9.87. The number of nitrogens with zero attached hydrogens (tertiary/aromatic N) is 1. The van der Waals surface area contributed by atoms with Gasteiger partial charge in [-0.05, 0) is 19.1 Å². The van der Waals surface area contributed by atoms with Crippen LogP contribution in [0.4, 0.5) is 0 Å². The van der Waals surface area contributed by atoms with E-state index in [9.17, 15) is 9.59 Å². The number of aliphatic carboxylic acids is 1. The number of carbonyl (C=O) groups is 2. The molecule has 0 aromatic heterocycles. The van der Waals surface area contributed by atoms with Crippen LogP contribution in [-0.4, -0.2) is 41.1 Å². The van der Waals surface area contributed by atoms with Gasteiger partial charge < -0.3 is 14.7 Å². The van der Waals surface area contributed by atoms with E-state index in [4.69, 9.17) is 21.4 Å². The van der Waals surface area contributed by atoms with Crippen molar-refractivity contribution in [1.82, 2.24) is 4.90 Å². The molecule has 1 heterocycles. The summed E-state index contributed by atoms with van der Waals surface area (Å²) in [6.45, 7) is 4.25. The highest BCUT2D eigenvalue weighted by molar-refractivity contribution is 6.32. The first kappa shape index (κ1) is 15.6. The van der Waals surface area contributed by atoms with Crippen LogP contribution in [0.25, 0.3) is 0 Å². The number of carbonyl (C=O) groups excluding carboxylic acids is 1. The summed E-state index contributed by atoms with van der Waals surface area (Å²) in [7, 11) is 0. The van der Waals surface area contributed by atoms with Crippen LogP contribution in [0.15, 0.2) is 24.3 Å². The Hall–Kier alpha value is -1.75. The second kappa shape index (κ2) is 6.35. The molecular formula is C15H18ClNO4. The molecule has 2 rings (SSSR count). The highest BCUT2D eigenvalue weighted by Crippen LogP contribution is 2.27. The van der Waals surface area contributed by atoms with Crippen molar-refractivity contribution in [3.05, 3.63) is 29.3 Å². The zero-order valence-electron chi connectivity index (χ0n) is 12.0. The smallest absolute Gasteiger partial charge is 0.306 e. The zero-order valence-corrected chi connectivity index (χ0v) is 12.7. The first-order chi connectivity index (χ1) is 9.90. The Balaban J connectivity index is 1.88. The fourth-order valence-corrected chi connectivity index (χ4v) is 2.43. The molecule has 1 aliphatic rings. The quantitative estimate of drug-likeness (QED) is 0.906. The van der Waals surface area contributed by atoms with Crippen LogP contribution in [0.5, 0.6) is 5.75 Å². The number of likely N-dealkylation sites (tertiary alicyclic amines) is 1. The standard InChI is InChI=1S/C15H18ClNO4/c1-9(15(19)20)11-7-17(8-11)14(18)10(2)21-13-6-4-3-5-12(13)16/h3-6,9-11H,7-8H2,1-2H3,(H,19,20). The van der Waals surface area contributed by atoms with E-state index in [0.29, 0.717) is 23.9 Å². The monoisotopic (exact) mass is 311 g/mol. The Labute approximate surface area is 128 Å². The Bertz CT molecular complexity index is 542. The molecule has 1 aromatic carbocycles. The fourth-order valence-electron chi connectivity index (χ4n) is 2.25. The summed E-state index contributed by atoms with van der Waals surface area (Å²) in [5, 5.41) is 9.39. The number of carboxylic acid groups (broad SMARTS) is 1. The van der Waals surface area contributed by atoms with Crippen LogP contribution in [0, 0.1) is 11.8 Å². The average molecular weight is 312 g/mol. The molecule has 0 saturated carbocycles. The van der Waals surface area contributed by atoms with Crippen molar-refractivity contribution in [2.75, 3.05) is 13.1 Å². The van der Waals surface area contributed by atoms with E-state index in [1.165, 1.54) is 0 Å². The van der Waals surface area contributed by atoms with Crippen molar-refractivity contribution in [1.29, 1.82) is 0 Å². The fraction of sp³-hybridized carbons (Fsp3) is 0.467. The van der Waals surface area contributed by atoms with Gasteiger partial charge in [-0.2, -0.15) is 0 Å². The van der Waals surface area contributed by atoms with Crippen LogP contribution >= 0.6 is 11.6 Å². The zero-order chi connectivity index (χ0) is 15.6. The number of halogens is 1. The van der Waals surface area contributed by atoms with E-state index in [1.54, 1.807) is 43.0 Å². The first-order valence-corrected chi connectivity index (χ1v) is 7.20. The van der Waals surface area contributed by atoms with Gasteiger partial charge in [-0.25, -0.2) is 0 Å². The summed E-state index contributed by atoms with van der Waals surface area (Å²) in [6, 6.07) is 6.97. The molecule has 2 atom stereocenters. The van der Waals surface area contributed by atoms with Crippen molar-refractivity contribution in [3.63, 3.8) is 0 Å². The lowest BCUT2D eigenvalue weighted by molar-refractivity contribution is -0.153. The minimum absolute atomic E-state index is 0.0129. The normalized spacial score (nSPS) is 17.8. The van der Waals surface area contributed by atoms with Crippen molar-refractivity contribution in [2.45, 2.75) is 20.0 Å². The minimum Gasteiger partial charge on any atom is -0.481 e. The number of para-hydroxylation sites is 1. The summed E-state index contributed by atoms with van der Waals surface area (Å²) in [4.78, 5) is 24.7. The maximum atomic E-state index is 12.2. The summed E-state index contributed by atoms with van der Waals surface area (Å²) in [5.74, 6) is -0.931. The number of benzene rings is 1. The van der Waals surface area contributed by atoms with Gasteiger partial charge in [0.05, 0.1) is 10.9 Å². The molecule has 1 saturated heterocycles. The van der Waals surface area contributed by atoms with Crippen molar-refractivity contribution in [2.24, 2.45) is 11.8 Å². The second-order valence-corrected chi connectivity index (χ2v) is 5.73. The van der Waals surface area contributed by atoms with E-state index in [2.05, 4.69) is 0 Å². The van der Waals surface area contributed by atoms with Crippen molar-refractivity contribution < 1.29 is 19.4 Å².